The number of hydrogen-bond donors (Lipinski definition) is 1. The van der Waals surface area contributed by atoms with Crippen LogP contribution in [0.1, 0.15) is 30.0 Å². The first-order valence-corrected chi connectivity index (χ1v) is 10.7. The summed E-state index contributed by atoms with van der Waals surface area (Å²) in [5.74, 6) is -1.64. The number of benzene rings is 2. The Morgan fingerprint density at radius 2 is 1.87 bits per heavy atom. The number of anilines is 2. The lowest BCUT2D eigenvalue weighted by molar-refractivity contribution is -0.151. The summed E-state index contributed by atoms with van der Waals surface area (Å²) < 4.78 is 6.15. The van der Waals surface area contributed by atoms with Gasteiger partial charge in [-0.15, -0.1) is 0 Å². The largest absolute Gasteiger partial charge is 0.455 e. The Balaban J connectivity index is 1.54. The molecule has 1 N–H and O–H groups in total. The fraction of sp³-hybridized carbons (Fsp3) is 0.348. The number of hydrogen-bond acceptors (Lipinski definition) is 4. The van der Waals surface area contributed by atoms with Crippen molar-refractivity contribution in [2.45, 2.75) is 33.6 Å². The van der Waals surface area contributed by atoms with Gasteiger partial charge >= 0.3 is 5.97 Å². The zero-order valence-electron chi connectivity index (χ0n) is 17.3. The maximum absolute atomic E-state index is 12.4. The zero-order chi connectivity index (χ0) is 21.8. The van der Waals surface area contributed by atoms with Gasteiger partial charge in [-0.05, 0) is 61.2 Å². The highest BCUT2D eigenvalue weighted by Gasteiger charge is 2.36. The summed E-state index contributed by atoms with van der Waals surface area (Å²) in [6.07, 6.45) is 1.01. The molecule has 0 spiro atoms. The Kier molecular flexibility index (Phi) is 6.92. The van der Waals surface area contributed by atoms with Crippen LogP contribution < -0.4 is 10.2 Å². The number of amides is 2. The summed E-state index contributed by atoms with van der Waals surface area (Å²) in [7, 11) is 0. The third kappa shape index (κ3) is 5.08. The molecule has 1 aliphatic heterocycles. The van der Waals surface area contributed by atoms with Crippen molar-refractivity contribution >= 4 is 45.1 Å². The van der Waals surface area contributed by atoms with E-state index in [1.54, 1.807) is 4.90 Å². The van der Waals surface area contributed by atoms with Gasteiger partial charge < -0.3 is 15.0 Å². The normalized spacial score (nSPS) is 15.9. The van der Waals surface area contributed by atoms with Crippen molar-refractivity contribution in [1.29, 1.82) is 0 Å². The van der Waals surface area contributed by atoms with Crippen molar-refractivity contribution in [3.8, 4) is 0 Å². The standard InChI is InChI=1S/C23H25BrN2O4/c1-4-16-5-7-18(8-6-16)26-12-17(11-22(26)28)23(29)30-13-21(27)25-20-10-14(2)19(24)9-15(20)3/h5-10,17H,4,11-13H2,1-3H3,(H,25,27)/t17-/m1/s1. The molecule has 2 amide bonds. The maximum atomic E-state index is 12.4. The highest BCUT2D eigenvalue weighted by Crippen LogP contribution is 2.27. The van der Waals surface area contributed by atoms with Crippen molar-refractivity contribution in [2.24, 2.45) is 5.92 Å². The van der Waals surface area contributed by atoms with E-state index in [2.05, 4.69) is 28.2 Å². The molecule has 2 aromatic rings. The summed E-state index contributed by atoms with van der Waals surface area (Å²) >= 11 is 3.45. The van der Waals surface area contributed by atoms with Crippen LogP contribution in [0.2, 0.25) is 0 Å². The SMILES string of the molecule is CCc1ccc(N2C[C@H](C(=O)OCC(=O)Nc3cc(C)c(Br)cc3C)CC2=O)cc1. The Hall–Kier alpha value is -2.67. The predicted molar refractivity (Wildman–Crippen MR) is 119 cm³/mol. The van der Waals surface area contributed by atoms with Crippen LogP contribution >= 0.6 is 15.9 Å². The van der Waals surface area contributed by atoms with Gasteiger partial charge in [0.25, 0.3) is 5.91 Å². The second-order valence-electron chi connectivity index (χ2n) is 7.50. The number of ether oxygens (including phenoxy) is 1. The minimum atomic E-state index is -0.576. The van der Waals surface area contributed by atoms with E-state index in [9.17, 15) is 14.4 Å². The molecule has 0 aromatic heterocycles. The summed E-state index contributed by atoms with van der Waals surface area (Å²) in [5, 5.41) is 2.76. The highest BCUT2D eigenvalue weighted by atomic mass is 79.9. The molecule has 0 aliphatic carbocycles. The van der Waals surface area contributed by atoms with E-state index in [-0.39, 0.29) is 25.5 Å². The molecule has 30 heavy (non-hydrogen) atoms. The fourth-order valence-electron chi connectivity index (χ4n) is 3.38. The summed E-state index contributed by atoms with van der Waals surface area (Å²) in [6.45, 7) is 5.76. The number of rotatable bonds is 6. The molecule has 1 atom stereocenters. The van der Waals surface area contributed by atoms with Gasteiger partial charge in [0.1, 0.15) is 0 Å². The lowest BCUT2D eigenvalue weighted by Crippen LogP contribution is -2.28. The zero-order valence-corrected chi connectivity index (χ0v) is 18.9. The summed E-state index contributed by atoms with van der Waals surface area (Å²) in [6, 6.07) is 11.5. The minimum Gasteiger partial charge on any atom is -0.455 e. The fourth-order valence-corrected chi connectivity index (χ4v) is 3.84. The van der Waals surface area contributed by atoms with E-state index in [1.165, 1.54) is 5.56 Å². The molecule has 1 fully saturated rings. The minimum absolute atomic E-state index is 0.0843. The lowest BCUT2D eigenvalue weighted by atomic mass is 10.1. The quantitative estimate of drug-likeness (QED) is 0.640. The molecule has 158 valence electrons. The van der Waals surface area contributed by atoms with Crippen molar-refractivity contribution in [2.75, 3.05) is 23.4 Å². The molecule has 0 unspecified atom stereocenters. The number of aryl methyl sites for hydroxylation is 3. The van der Waals surface area contributed by atoms with Crippen LogP contribution in [0.15, 0.2) is 40.9 Å². The van der Waals surface area contributed by atoms with Crippen LogP contribution in [-0.4, -0.2) is 30.9 Å². The van der Waals surface area contributed by atoms with Crippen LogP contribution in [0.25, 0.3) is 0 Å². The smallest absolute Gasteiger partial charge is 0.311 e. The Morgan fingerprint density at radius 3 is 2.53 bits per heavy atom. The van der Waals surface area contributed by atoms with E-state index < -0.39 is 17.8 Å². The topological polar surface area (TPSA) is 75.7 Å². The van der Waals surface area contributed by atoms with Gasteiger partial charge in [0, 0.05) is 28.8 Å². The average molecular weight is 473 g/mol. The predicted octanol–water partition coefficient (Wildman–Crippen LogP) is 4.16. The maximum Gasteiger partial charge on any atom is 0.311 e. The summed E-state index contributed by atoms with van der Waals surface area (Å²) in [4.78, 5) is 38.6. The molecule has 6 nitrogen and oxygen atoms in total. The number of carbonyl (C=O) groups is 3. The molecule has 2 aromatic carbocycles. The Labute approximate surface area is 184 Å². The molecule has 0 bridgehead atoms. The van der Waals surface area contributed by atoms with Crippen molar-refractivity contribution in [3.05, 3.63) is 57.6 Å². The second kappa shape index (κ2) is 9.43. The van der Waals surface area contributed by atoms with Crippen LogP contribution in [0.4, 0.5) is 11.4 Å². The highest BCUT2D eigenvalue weighted by molar-refractivity contribution is 9.10. The van der Waals surface area contributed by atoms with Gasteiger partial charge in [-0.2, -0.15) is 0 Å². The number of halogens is 1. The molecule has 0 radical (unpaired) electrons. The monoisotopic (exact) mass is 472 g/mol. The Bertz CT molecular complexity index is 972. The Morgan fingerprint density at radius 1 is 1.17 bits per heavy atom. The van der Waals surface area contributed by atoms with E-state index in [0.29, 0.717) is 5.69 Å². The van der Waals surface area contributed by atoms with Crippen LogP contribution in [0, 0.1) is 19.8 Å². The van der Waals surface area contributed by atoms with Crippen LogP contribution in [-0.2, 0) is 25.5 Å². The van der Waals surface area contributed by atoms with Crippen molar-refractivity contribution in [3.63, 3.8) is 0 Å². The first kappa shape index (κ1) is 22.0. The molecular formula is C23H25BrN2O4. The molecule has 7 heteroatoms. The second-order valence-corrected chi connectivity index (χ2v) is 8.35. The number of nitrogens with zero attached hydrogens (tertiary/aromatic N) is 1. The first-order chi connectivity index (χ1) is 14.3. The summed E-state index contributed by atoms with van der Waals surface area (Å²) in [5.41, 5.74) is 4.52. The lowest BCUT2D eigenvalue weighted by Gasteiger charge is -2.17. The van der Waals surface area contributed by atoms with Gasteiger partial charge in [0.2, 0.25) is 5.91 Å². The van der Waals surface area contributed by atoms with Gasteiger partial charge in [-0.1, -0.05) is 35.0 Å². The van der Waals surface area contributed by atoms with Crippen LogP contribution in [0.5, 0.6) is 0 Å². The molecule has 1 heterocycles. The molecule has 1 saturated heterocycles. The average Bonchev–Trinajstić information content (AvgIpc) is 3.12. The van der Waals surface area contributed by atoms with Crippen LogP contribution in [0.3, 0.4) is 0 Å². The van der Waals surface area contributed by atoms with E-state index in [4.69, 9.17) is 4.74 Å². The molecule has 0 saturated carbocycles. The third-order valence-corrected chi connectivity index (χ3v) is 6.09. The van der Waals surface area contributed by atoms with Crippen molar-refractivity contribution in [1.82, 2.24) is 0 Å². The number of carbonyl (C=O) groups excluding carboxylic acids is 3. The number of esters is 1. The third-order valence-electron chi connectivity index (χ3n) is 5.24. The van der Waals surface area contributed by atoms with Gasteiger partial charge in [-0.3, -0.25) is 14.4 Å². The van der Waals surface area contributed by atoms with Crippen molar-refractivity contribution < 1.29 is 19.1 Å². The number of nitrogens with one attached hydrogen (secondary N) is 1. The first-order valence-electron chi connectivity index (χ1n) is 9.91. The van der Waals surface area contributed by atoms with Gasteiger partial charge in [-0.25, -0.2) is 0 Å². The van der Waals surface area contributed by atoms with Gasteiger partial charge in [0.05, 0.1) is 5.92 Å². The molecular weight excluding hydrogens is 448 g/mol. The van der Waals surface area contributed by atoms with E-state index >= 15 is 0 Å². The van der Waals surface area contributed by atoms with E-state index in [1.807, 2.05) is 50.2 Å². The molecule has 1 aliphatic rings. The van der Waals surface area contributed by atoms with E-state index in [0.717, 1.165) is 27.7 Å². The molecule has 3 rings (SSSR count). The van der Waals surface area contributed by atoms with Gasteiger partial charge in [0.15, 0.2) is 6.61 Å².